The van der Waals surface area contributed by atoms with E-state index in [1.165, 1.54) is 6.92 Å². The molecule has 0 amide bonds. The van der Waals surface area contributed by atoms with Gasteiger partial charge in [0.25, 0.3) is 0 Å². The summed E-state index contributed by atoms with van der Waals surface area (Å²) in [5.41, 5.74) is 6.26. The molecule has 1 atom stereocenters. The topological polar surface area (TPSA) is 124 Å². The largest absolute Gasteiger partial charge is 0.464 e. The first-order valence-electron chi connectivity index (χ1n) is 6.87. The molecule has 9 heteroatoms. The van der Waals surface area contributed by atoms with Crippen molar-refractivity contribution in [1.82, 2.24) is 9.97 Å². The molecular formula is C14H24ClN3O5. The fourth-order valence-electron chi connectivity index (χ4n) is 1.41. The van der Waals surface area contributed by atoms with Crippen molar-refractivity contribution in [1.29, 1.82) is 0 Å². The molecule has 0 aliphatic carbocycles. The number of Topliss-reactive ketones (excluding diaryl/α,β-unsaturated/α-hetero) is 1. The van der Waals surface area contributed by atoms with Crippen LogP contribution in [0.15, 0.2) is 0 Å². The van der Waals surface area contributed by atoms with E-state index >= 15 is 0 Å². The van der Waals surface area contributed by atoms with Gasteiger partial charge in [0.2, 0.25) is 0 Å². The minimum Gasteiger partial charge on any atom is -0.464 e. The number of esters is 2. The van der Waals surface area contributed by atoms with Gasteiger partial charge in [0.15, 0.2) is 17.5 Å². The lowest BCUT2D eigenvalue weighted by molar-refractivity contribution is -0.147. The van der Waals surface area contributed by atoms with Crippen LogP contribution in [0, 0.1) is 13.8 Å². The molecule has 1 aromatic rings. The molecule has 23 heavy (non-hydrogen) atoms. The van der Waals surface area contributed by atoms with E-state index < -0.39 is 12.0 Å². The molecule has 0 fully saturated rings. The van der Waals surface area contributed by atoms with E-state index in [-0.39, 0.29) is 30.8 Å². The van der Waals surface area contributed by atoms with Gasteiger partial charge < -0.3 is 20.2 Å². The van der Waals surface area contributed by atoms with Gasteiger partial charge in [-0.3, -0.25) is 4.79 Å². The van der Waals surface area contributed by atoms with Gasteiger partial charge >= 0.3 is 11.9 Å². The van der Waals surface area contributed by atoms with Gasteiger partial charge in [0, 0.05) is 5.69 Å². The van der Waals surface area contributed by atoms with E-state index in [9.17, 15) is 14.4 Å². The van der Waals surface area contributed by atoms with Crippen molar-refractivity contribution in [3.63, 3.8) is 0 Å². The van der Waals surface area contributed by atoms with Gasteiger partial charge in [0.05, 0.1) is 13.2 Å². The smallest absolute Gasteiger partial charge is 0.358 e. The fourth-order valence-corrected chi connectivity index (χ4v) is 1.41. The number of halogens is 1. The van der Waals surface area contributed by atoms with Crippen LogP contribution in [-0.4, -0.2) is 46.9 Å². The summed E-state index contributed by atoms with van der Waals surface area (Å²) >= 11 is 0. The van der Waals surface area contributed by atoms with Crippen LogP contribution in [0.3, 0.4) is 0 Å². The van der Waals surface area contributed by atoms with E-state index in [2.05, 4.69) is 14.7 Å². The minimum absolute atomic E-state index is 0. The summed E-state index contributed by atoms with van der Waals surface area (Å²) in [4.78, 5) is 39.2. The first-order valence-corrected chi connectivity index (χ1v) is 6.87. The Kier molecular flexibility index (Phi) is 11.8. The van der Waals surface area contributed by atoms with Crippen molar-refractivity contribution >= 4 is 30.1 Å². The highest BCUT2D eigenvalue weighted by Crippen LogP contribution is 2.05. The average Bonchev–Trinajstić information content (AvgIpc) is 2.78. The van der Waals surface area contributed by atoms with Crippen LogP contribution >= 0.6 is 12.4 Å². The lowest BCUT2D eigenvalue weighted by Gasteiger charge is -2.05. The minimum atomic E-state index is -1.11. The Morgan fingerprint density at radius 2 is 1.70 bits per heavy atom. The molecule has 0 saturated carbocycles. The Labute approximate surface area is 141 Å². The zero-order chi connectivity index (χ0) is 17.3. The van der Waals surface area contributed by atoms with Gasteiger partial charge in [-0.1, -0.05) is 0 Å². The molecule has 1 aromatic heterocycles. The highest BCUT2D eigenvalue weighted by atomic mass is 35.5. The Morgan fingerprint density at radius 1 is 1.17 bits per heavy atom. The first-order chi connectivity index (χ1) is 10.2. The van der Waals surface area contributed by atoms with Crippen molar-refractivity contribution in [3.05, 3.63) is 17.2 Å². The Balaban J connectivity index is 0. The maximum Gasteiger partial charge on any atom is 0.358 e. The molecule has 1 rings (SSSR count). The Bertz CT molecular complexity index is 530. The second kappa shape index (κ2) is 11.6. The van der Waals surface area contributed by atoms with Crippen LogP contribution in [0.1, 0.15) is 42.8 Å². The Morgan fingerprint density at radius 3 is 2.04 bits per heavy atom. The molecule has 0 aromatic carbocycles. The third kappa shape index (κ3) is 8.32. The van der Waals surface area contributed by atoms with E-state index in [1.807, 2.05) is 0 Å². The lowest BCUT2D eigenvalue weighted by Crippen LogP contribution is -2.38. The predicted octanol–water partition coefficient (Wildman–Crippen LogP) is 1.09. The van der Waals surface area contributed by atoms with Crippen LogP contribution in [0.25, 0.3) is 0 Å². The maximum atomic E-state index is 11.2. The summed E-state index contributed by atoms with van der Waals surface area (Å²) in [6.45, 7) is 8.91. The summed E-state index contributed by atoms with van der Waals surface area (Å²) in [7, 11) is 0. The van der Waals surface area contributed by atoms with Crippen LogP contribution in [-0.2, 0) is 19.1 Å². The fraction of sp³-hybridized carbons (Fsp3) is 0.571. The number of aryl methyl sites for hydroxylation is 2. The molecule has 0 saturated heterocycles. The number of carbonyl (C=O) groups excluding carboxylic acids is 3. The third-order valence-electron chi connectivity index (χ3n) is 2.45. The summed E-state index contributed by atoms with van der Waals surface area (Å²) in [5, 5.41) is 0. The van der Waals surface area contributed by atoms with E-state index in [1.54, 1.807) is 27.7 Å². The number of hydrogen-bond donors (Lipinski definition) is 2. The second-order valence-corrected chi connectivity index (χ2v) is 4.36. The zero-order valence-electron chi connectivity index (χ0n) is 14.0. The SMILES string of the molecule is CCOC(=O)C(N)C(C)=O.CCOC(=O)c1nc(C)[nH]c1C.Cl. The van der Waals surface area contributed by atoms with Crippen molar-refractivity contribution in [2.75, 3.05) is 13.2 Å². The number of carbonyl (C=O) groups is 3. The molecule has 0 aliphatic heterocycles. The van der Waals surface area contributed by atoms with Crippen LogP contribution in [0.2, 0.25) is 0 Å². The Hall–Kier alpha value is -1.93. The van der Waals surface area contributed by atoms with Gasteiger partial charge in [-0.25, -0.2) is 14.6 Å². The highest BCUT2D eigenvalue weighted by Gasteiger charge is 2.18. The van der Waals surface area contributed by atoms with Gasteiger partial charge in [-0.2, -0.15) is 0 Å². The third-order valence-corrected chi connectivity index (χ3v) is 2.45. The number of nitrogens with two attached hydrogens (primary N) is 1. The normalized spacial score (nSPS) is 10.5. The van der Waals surface area contributed by atoms with Gasteiger partial charge in [-0.05, 0) is 34.6 Å². The number of imidazole rings is 1. The number of aromatic nitrogens is 2. The standard InChI is InChI=1S/C8H12N2O2.C6H11NO3.ClH/c1-4-12-8(11)7-5(2)9-6(3)10-7;1-3-10-6(9)5(7)4(2)8;/h4H2,1-3H3,(H,9,10);5H,3,7H2,1-2H3;1H. The van der Waals surface area contributed by atoms with Gasteiger partial charge in [0.1, 0.15) is 5.82 Å². The monoisotopic (exact) mass is 349 g/mol. The average molecular weight is 350 g/mol. The first kappa shape index (κ1) is 23.3. The molecule has 132 valence electrons. The molecule has 0 bridgehead atoms. The summed E-state index contributed by atoms with van der Waals surface area (Å²) < 4.78 is 9.28. The second-order valence-electron chi connectivity index (χ2n) is 4.36. The number of aromatic amines is 1. The number of rotatable bonds is 5. The number of ketones is 1. The number of hydrogen-bond acceptors (Lipinski definition) is 7. The number of ether oxygens (including phenoxy) is 2. The molecule has 8 nitrogen and oxygen atoms in total. The highest BCUT2D eigenvalue weighted by molar-refractivity contribution is 6.01. The van der Waals surface area contributed by atoms with Crippen LogP contribution in [0.5, 0.6) is 0 Å². The van der Waals surface area contributed by atoms with Crippen LogP contribution in [0.4, 0.5) is 0 Å². The molecule has 0 spiro atoms. The number of nitrogens with zero attached hydrogens (tertiary/aromatic N) is 1. The summed E-state index contributed by atoms with van der Waals surface area (Å²) in [6, 6.07) is -1.11. The van der Waals surface area contributed by atoms with E-state index in [0.29, 0.717) is 12.3 Å². The summed E-state index contributed by atoms with van der Waals surface area (Å²) in [6.07, 6.45) is 0. The molecule has 0 radical (unpaired) electrons. The van der Waals surface area contributed by atoms with Gasteiger partial charge in [-0.15, -0.1) is 12.4 Å². The number of nitrogens with one attached hydrogen (secondary N) is 1. The van der Waals surface area contributed by atoms with Crippen molar-refractivity contribution in [2.24, 2.45) is 5.73 Å². The predicted molar refractivity (Wildman–Crippen MR) is 86.6 cm³/mol. The van der Waals surface area contributed by atoms with E-state index in [0.717, 1.165) is 11.5 Å². The molecule has 0 aliphatic rings. The maximum absolute atomic E-state index is 11.2. The van der Waals surface area contributed by atoms with Crippen molar-refractivity contribution < 1.29 is 23.9 Å². The van der Waals surface area contributed by atoms with E-state index in [4.69, 9.17) is 10.5 Å². The molecule has 1 unspecified atom stereocenters. The quantitative estimate of drug-likeness (QED) is 0.602. The molecule has 1 heterocycles. The zero-order valence-corrected chi connectivity index (χ0v) is 14.8. The summed E-state index contributed by atoms with van der Waals surface area (Å²) in [5.74, 6) is -0.664. The van der Waals surface area contributed by atoms with Crippen molar-refractivity contribution in [2.45, 2.75) is 40.7 Å². The lowest BCUT2D eigenvalue weighted by atomic mass is 10.2. The van der Waals surface area contributed by atoms with Crippen LogP contribution < -0.4 is 5.73 Å². The number of H-pyrrole nitrogens is 1. The molecule has 3 N–H and O–H groups in total. The molecular weight excluding hydrogens is 326 g/mol. The van der Waals surface area contributed by atoms with Crippen molar-refractivity contribution in [3.8, 4) is 0 Å².